The normalized spacial score (nSPS) is 15.8. The van der Waals surface area contributed by atoms with Gasteiger partial charge in [0, 0.05) is 5.92 Å². The van der Waals surface area contributed by atoms with Crippen molar-refractivity contribution in [3.8, 4) is 0 Å². The third kappa shape index (κ3) is 9.60. The van der Waals surface area contributed by atoms with Crippen LogP contribution < -0.4 is 5.32 Å². The molecule has 0 saturated heterocycles. The predicted molar refractivity (Wildman–Crippen MR) is 121 cm³/mol. The molecular formula is C26H43N. The molecule has 0 atom stereocenters. The summed E-state index contributed by atoms with van der Waals surface area (Å²) < 4.78 is 0. The zero-order chi connectivity index (χ0) is 19.0. The lowest BCUT2D eigenvalue weighted by molar-refractivity contribution is 0.521. The van der Waals surface area contributed by atoms with Crippen molar-refractivity contribution >= 4 is 0 Å². The largest absolute Gasteiger partial charge is 0.317 e. The van der Waals surface area contributed by atoms with E-state index in [0.717, 1.165) is 0 Å². The molecule has 1 heteroatoms. The van der Waals surface area contributed by atoms with Crippen LogP contribution in [0.1, 0.15) is 96.8 Å². The Balaban J connectivity index is 1.41. The maximum absolute atomic E-state index is 3.63. The number of hydrogen-bond donors (Lipinski definition) is 1. The highest BCUT2D eigenvalue weighted by Gasteiger charge is 2.19. The van der Waals surface area contributed by atoms with Gasteiger partial charge >= 0.3 is 0 Å². The van der Waals surface area contributed by atoms with E-state index in [1.165, 1.54) is 103 Å². The van der Waals surface area contributed by atoms with Gasteiger partial charge < -0.3 is 5.32 Å². The van der Waals surface area contributed by atoms with Crippen molar-refractivity contribution in [2.75, 3.05) is 13.1 Å². The van der Waals surface area contributed by atoms with Gasteiger partial charge in [0.05, 0.1) is 0 Å². The number of rotatable bonds is 17. The summed E-state index contributed by atoms with van der Waals surface area (Å²) in [7, 11) is 0. The highest BCUT2D eigenvalue weighted by atomic mass is 14.8. The van der Waals surface area contributed by atoms with Crippen LogP contribution in [-0.2, 0) is 0 Å². The Labute approximate surface area is 169 Å². The van der Waals surface area contributed by atoms with Crippen LogP contribution in [0.5, 0.6) is 0 Å². The molecule has 2 rings (SSSR count). The SMILES string of the molecule is CCCCCCCCNCCCCCCCC(C1=CC=CC1)C1=CC=CC1. The van der Waals surface area contributed by atoms with Gasteiger partial charge in [-0.05, 0) is 45.2 Å². The number of allylic oxidation sites excluding steroid dienone is 8. The summed E-state index contributed by atoms with van der Waals surface area (Å²) in [5.41, 5.74) is 3.28. The van der Waals surface area contributed by atoms with E-state index in [0.29, 0.717) is 5.92 Å². The monoisotopic (exact) mass is 369 g/mol. The summed E-state index contributed by atoms with van der Waals surface area (Å²) in [6.45, 7) is 4.73. The summed E-state index contributed by atoms with van der Waals surface area (Å²) in [5, 5.41) is 3.63. The quantitative estimate of drug-likeness (QED) is 0.259. The lowest BCUT2D eigenvalue weighted by Gasteiger charge is -2.20. The Hall–Kier alpha value is -1.08. The third-order valence-corrected chi connectivity index (χ3v) is 6.05. The van der Waals surface area contributed by atoms with Crippen LogP contribution >= 0.6 is 0 Å². The molecule has 1 N–H and O–H groups in total. The van der Waals surface area contributed by atoms with Gasteiger partial charge in [0.15, 0.2) is 0 Å². The standard InChI is InChI=1S/C26H43N/c1-2-3-4-5-8-15-22-27-23-16-9-6-7-10-21-26(24-17-11-12-18-24)25-19-13-14-20-25/h11-14,17,19,26-27H,2-10,15-16,18,20-23H2,1H3. The van der Waals surface area contributed by atoms with Crippen molar-refractivity contribution in [3.05, 3.63) is 47.6 Å². The van der Waals surface area contributed by atoms with E-state index in [4.69, 9.17) is 0 Å². The van der Waals surface area contributed by atoms with Crippen molar-refractivity contribution in [2.45, 2.75) is 96.8 Å². The molecule has 2 aliphatic rings. The van der Waals surface area contributed by atoms with E-state index in [2.05, 4.69) is 48.7 Å². The molecular weight excluding hydrogens is 326 g/mol. The molecule has 27 heavy (non-hydrogen) atoms. The van der Waals surface area contributed by atoms with Gasteiger partial charge in [-0.3, -0.25) is 0 Å². The zero-order valence-electron chi connectivity index (χ0n) is 17.9. The van der Waals surface area contributed by atoms with E-state index < -0.39 is 0 Å². The molecule has 1 nitrogen and oxygen atoms in total. The van der Waals surface area contributed by atoms with Crippen LogP contribution in [0.3, 0.4) is 0 Å². The fourth-order valence-electron chi connectivity index (χ4n) is 4.34. The van der Waals surface area contributed by atoms with E-state index >= 15 is 0 Å². The van der Waals surface area contributed by atoms with Crippen LogP contribution in [0.15, 0.2) is 47.6 Å². The molecule has 0 saturated carbocycles. The van der Waals surface area contributed by atoms with Crippen LogP contribution in [0.4, 0.5) is 0 Å². The number of unbranched alkanes of at least 4 members (excludes halogenated alkanes) is 9. The average Bonchev–Trinajstić information content (AvgIpc) is 3.39. The lowest BCUT2D eigenvalue weighted by atomic mass is 9.85. The maximum atomic E-state index is 3.63. The molecule has 0 radical (unpaired) electrons. The molecule has 0 fully saturated rings. The summed E-state index contributed by atoms with van der Waals surface area (Å²) in [4.78, 5) is 0. The van der Waals surface area contributed by atoms with Crippen molar-refractivity contribution in [1.82, 2.24) is 5.32 Å². The van der Waals surface area contributed by atoms with Gasteiger partial charge in [0.2, 0.25) is 0 Å². The molecule has 0 unspecified atom stereocenters. The molecule has 0 aromatic rings. The molecule has 2 aliphatic carbocycles. The Morgan fingerprint density at radius 1 is 0.704 bits per heavy atom. The first kappa shape index (κ1) is 22.2. The second kappa shape index (κ2) is 14.9. The Morgan fingerprint density at radius 2 is 1.22 bits per heavy atom. The number of hydrogen-bond acceptors (Lipinski definition) is 1. The van der Waals surface area contributed by atoms with Crippen LogP contribution in [0.25, 0.3) is 0 Å². The Morgan fingerprint density at radius 3 is 1.74 bits per heavy atom. The molecule has 152 valence electrons. The first-order valence-electron chi connectivity index (χ1n) is 11.8. The highest BCUT2D eigenvalue weighted by molar-refractivity contribution is 5.35. The first-order chi connectivity index (χ1) is 13.4. The van der Waals surface area contributed by atoms with Gasteiger partial charge in [-0.2, -0.15) is 0 Å². The van der Waals surface area contributed by atoms with E-state index in [-0.39, 0.29) is 0 Å². The van der Waals surface area contributed by atoms with Crippen LogP contribution in [0, 0.1) is 5.92 Å². The van der Waals surface area contributed by atoms with Crippen molar-refractivity contribution in [1.29, 1.82) is 0 Å². The molecule has 0 aromatic heterocycles. The molecule has 0 amide bonds. The fourth-order valence-corrected chi connectivity index (χ4v) is 4.34. The van der Waals surface area contributed by atoms with Gasteiger partial charge in [-0.25, -0.2) is 0 Å². The predicted octanol–water partition coefficient (Wildman–Crippen LogP) is 7.67. The van der Waals surface area contributed by atoms with Crippen molar-refractivity contribution < 1.29 is 0 Å². The average molecular weight is 370 g/mol. The molecule has 0 heterocycles. The lowest BCUT2D eigenvalue weighted by Crippen LogP contribution is -2.16. The third-order valence-electron chi connectivity index (χ3n) is 6.05. The fraction of sp³-hybridized carbons (Fsp3) is 0.692. The van der Waals surface area contributed by atoms with Gasteiger partial charge in [0.25, 0.3) is 0 Å². The smallest absolute Gasteiger partial charge is 0.00194 e. The van der Waals surface area contributed by atoms with Crippen molar-refractivity contribution in [3.63, 3.8) is 0 Å². The van der Waals surface area contributed by atoms with Crippen LogP contribution in [0.2, 0.25) is 0 Å². The van der Waals surface area contributed by atoms with Crippen LogP contribution in [-0.4, -0.2) is 13.1 Å². The zero-order valence-corrected chi connectivity index (χ0v) is 17.9. The van der Waals surface area contributed by atoms with Gasteiger partial charge in [-0.1, -0.05) is 112 Å². The first-order valence-corrected chi connectivity index (χ1v) is 11.8. The Kier molecular flexibility index (Phi) is 12.3. The van der Waals surface area contributed by atoms with E-state index in [1.54, 1.807) is 11.1 Å². The summed E-state index contributed by atoms with van der Waals surface area (Å²) in [5.74, 6) is 0.703. The molecule has 0 aliphatic heterocycles. The minimum absolute atomic E-state index is 0.703. The Bertz CT molecular complexity index is 464. The second-order valence-electron chi connectivity index (χ2n) is 8.37. The summed E-state index contributed by atoms with van der Waals surface area (Å²) in [6.07, 6.45) is 32.8. The summed E-state index contributed by atoms with van der Waals surface area (Å²) in [6, 6.07) is 0. The maximum Gasteiger partial charge on any atom is 0.00194 e. The molecule has 0 aromatic carbocycles. The minimum Gasteiger partial charge on any atom is -0.317 e. The topological polar surface area (TPSA) is 12.0 Å². The highest BCUT2D eigenvalue weighted by Crippen LogP contribution is 2.34. The van der Waals surface area contributed by atoms with E-state index in [1.807, 2.05) is 0 Å². The molecule has 0 bridgehead atoms. The number of nitrogens with one attached hydrogen (secondary N) is 1. The molecule has 0 spiro atoms. The van der Waals surface area contributed by atoms with E-state index in [9.17, 15) is 0 Å². The van der Waals surface area contributed by atoms with Gasteiger partial charge in [0.1, 0.15) is 0 Å². The second-order valence-corrected chi connectivity index (χ2v) is 8.37. The van der Waals surface area contributed by atoms with Crippen molar-refractivity contribution in [2.24, 2.45) is 5.92 Å². The minimum atomic E-state index is 0.703. The summed E-state index contributed by atoms with van der Waals surface area (Å²) >= 11 is 0. The van der Waals surface area contributed by atoms with Gasteiger partial charge in [-0.15, -0.1) is 0 Å².